The predicted octanol–water partition coefficient (Wildman–Crippen LogP) is 2.66. The lowest BCUT2D eigenvalue weighted by molar-refractivity contribution is 0.274. The topological polar surface area (TPSA) is 62.7 Å². The molecule has 5 nitrogen and oxygen atoms in total. The molecule has 1 aromatic heterocycles. The summed E-state index contributed by atoms with van der Waals surface area (Å²) in [6.45, 7) is 9.61. The van der Waals surface area contributed by atoms with Gasteiger partial charge < -0.3 is 10.6 Å². The first-order valence-electron chi connectivity index (χ1n) is 5.66. The average molecular weight is 258 g/mol. The van der Waals surface area contributed by atoms with Gasteiger partial charge in [0.05, 0.1) is 0 Å². The minimum atomic E-state index is 0.190. The first kappa shape index (κ1) is 14.0. The molecule has 17 heavy (non-hydrogen) atoms. The van der Waals surface area contributed by atoms with E-state index in [0.717, 1.165) is 6.54 Å². The third kappa shape index (κ3) is 4.34. The van der Waals surface area contributed by atoms with Crippen LogP contribution < -0.4 is 10.6 Å². The Kier molecular flexibility index (Phi) is 4.51. The molecule has 0 radical (unpaired) electrons. The molecular weight excluding hydrogens is 238 g/mol. The Labute approximate surface area is 107 Å². The van der Waals surface area contributed by atoms with Crippen LogP contribution in [-0.2, 0) is 0 Å². The number of nitrogens with zero attached hydrogens (tertiary/aromatic N) is 3. The molecule has 1 atom stereocenters. The Hall–Kier alpha value is -1.10. The second-order valence-corrected chi connectivity index (χ2v) is 5.49. The van der Waals surface area contributed by atoms with Gasteiger partial charge in [0.2, 0.25) is 17.2 Å². The maximum absolute atomic E-state index is 5.79. The monoisotopic (exact) mass is 257 g/mol. The van der Waals surface area contributed by atoms with Gasteiger partial charge in [0.1, 0.15) is 0 Å². The second-order valence-electron chi connectivity index (χ2n) is 5.15. The summed E-state index contributed by atoms with van der Waals surface area (Å²) in [6, 6.07) is 0. The Morgan fingerprint density at radius 3 is 2.29 bits per heavy atom. The second kappa shape index (κ2) is 5.49. The Morgan fingerprint density at radius 1 is 1.18 bits per heavy atom. The number of rotatable bonds is 4. The van der Waals surface area contributed by atoms with Crippen molar-refractivity contribution in [3.8, 4) is 0 Å². The molecule has 0 saturated heterocycles. The predicted molar refractivity (Wildman–Crippen MR) is 71.5 cm³/mol. The van der Waals surface area contributed by atoms with Gasteiger partial charge in [-0.2, -0.15) is 15.0 Å². The highest BCUT2D eigenvalue weighted by Crippen LogP contribution is 2.25. The molecule has 0 saturated carbocycles. The Balaban J connectivity index is 2.66. The van der Waals surface area contributed by atoms with Crippen molar-refractivity contribution in [2.75, 3.05) is 24.2 Å². The zero-order valence-corrected chi connectivity index (χ0v) is 11.8. The molecule has 1 rings (SSSR count). The Bertz CT molecular complexity index is 375. The normalized spacial score (nSPS) is 13.3. The lowest BCUT2D eigenvalue weighted by Gasteiger charge is -2.27. The van der Waals surface area contributed by atoms with Crippen LogP contribution in [0.1, 0.15) is 27.7 Å². The lowest BCUT2D eigenvalue weighted by Crippen LogP contribution is -2.25. The molecule has 0 spiro atoms. The van der Waals surface area contributed by atoms with E-state index < -0.39 is 0 Å². The molecule has 1 heterocycles. The van der Waals surface area contributed by atoms with Crippen molar-refractivity contribution in [1.29, 1.82) is 0 Å². The molecule has 0 fully saturated rings. The standard InChI is InChI=1S/C11H20ClN5/c1-7(11(2,3)4)6-14-10-16-8(12)15-9(13-5)17-10/h7H,6H2,1-5H3,(H2,13,14,15,16,17). The van der Waals surface area contributed by atoms with E-state index in [2.05, 4.69) is 53.3 Å². The summed E-state index contributed by atoms with van der Waals surface area (Å²) in [5.74, 6) is 1.47. The van der Waals surface area contributed by atoms with Crippen molar-refractivity contribution in [1.82, 2.24) is 15.0 Å². The highest BCUT2D eigenvalue weighted by molar-refractivity contribution is 6.28. The average Bonchev–Trinajstić information content (AvgIpc) is 2.23. The molecule has 0 aliphatic heterocycles. The van der Waals surface area contributed by atoms with Crippen LogP contribution in [0.4, 0.5) is 11.9 Å². The van der Waals surface area contributed by atoms with Gasteiger partial charge in [-0.15, -0.1) is 0 Å². The number of hydrogen-bond donors (Lipinski definition) is 2. The zero-order valence-electron chi connectivity index (χ0n) is 11.0. The summed E-state index contributed by atoms with van der Waals surface area (Å²) in [4.78, 5) is 12.1. The van der Waals surface area contributed by atoms with Crippen LogP contribution in [0.2, 0.25) is 5.28 Å². The number of nitrogens with one attached hydrogen (secondary N) is 2. The summed E-state index contributed by atoms with van der Waals surface area (Å²) in [5, 5.41) is 6.21. The molecule has 1 unspecified atom stereocenters. The van der Waals surface area contributed by atoms with Crippen LogP contribution in [-0.4, -0.2) is 28.5 Å². The van der Waals surface area contributed by atoms with Crippen LogP contribution in [0.15, 0.2) is 0 Å². The first-order valence-corrected chi connectivity index (χ1v) is 6.04. The number of halogens is 1. The molecule has 0 aliphatic rings. The molecule has 0 bridgehead atoms. The van der Waals surface area contributed by atoms with E-state index in [-0.39, 0.29) is 10.7 Å². The van der Waals surface area contributed by atoms with Crippen LogP contribution >= 0.6 is 11.6 Å². The highest BCUT2D eigenvalue weighted by atomic mass is 35.5. The Morgan fingerprint density at radius 2 is 1.76 bits per heavy atom. The highest BCUT2D eigenvalue weighted by Gasteiger charge is 2.19. The van der Waals surface area contributed by atoms with Crippen LogP contribution in [0.25, 0.3) is 0 Å². The van der Waals surface area contributed by atoms with E-state index in [1.165, 1.54) is 0 Å². The van der Waals surface area contributed by atoms with Crippen LogP contribution in [0.5, 0.6) is 0 Å². The van der Waals surface area contributed by atoms with Crippen molar-refractivity contribution in [2.24, 2.45) is 11.3 Å². The van der Waals surface area contributed by atoms with Gasteiger partial charge in [-0.3, -0.25) is 0 Å². The third-order valence-electron chi connectivity index (χ3n) is 2.88. The van der Waals surface area contributed by atoms with E-state index in [4.69, 9.17) is 11.6 Å². The van der Waals surface area contributed by atoms with E-state index >= 15 is 0 Å². The van der Waals surface area contributed by atoms with Crippen molar-refractivity contribution in [3.05, 3.63) is 5.28 Å². The minimum Gasteiger partial charge on any atom is -0.357 e. The summed E-state index contributed by atoms with van der Waals surface area (Å²) in [7, 11) is 1.74. The number of anilines is 2. The number of aromatic nitrogens is 3. The van der Waals surface area contributed by atoms with Crippen LogP contribution in [0, 0.1) is 11.3 Å². The van der Waals surface area contributed by atoms with Gasteiger partial charge in [0, 0.05) is 13.6 Å². The quantitative estimate of drug-likeness (QED) is 0.868. The zero-order chi connectivity index (χ0) is 13.1. The van der Waals surface area contributed by atoms with Gasteiger partial charge in [-0.25, -0.2) is 0 Å². The van der Waals surface area contributed by atoms with E-state index in [0.29, 0.717) is 17.8 Å². The summed E-state index contributed by atoms with van der Waals surface area (Å²) < 4.78 is 0. The molecule has 0 aliphatic carbocycles. The molecule has 2 N–H and O–H groups in total. The van der Waals surface area contributed by atoms with E-state index in [9.17, 15) is 0 Å². The number of hydrogen-bond acceptors (Lipinski definition) is 5. The lowest BCUT2D eigenvalue weighted by atomic mass is 9.82. The van der Waals surface area contributed by atoms with Gasteiger partial charge in [-0.1, -0.05) is 27.7 Å². The summed E-state index contributed by atoms with van der Waals surface area (Å²) in [6.07, 6.45) is 0. The fraction of sp³-hybridized carbons (Fsp3) is 0.727. The van der Waals surface area contributed by atoms with E-state index in [1.54, 1.807) is 7.05 Å². The molecular formula is C11H20ClN5. The van der Waals surface area contributed by atoms with Gasteiger partial charge >= 0.3 is 0 Å². The maximum Gasteiger partial charge on any atom is 0.228 e. The molecule has 1 aromatic rings. The minimum absolute atomic E-state index is 0.190. The smallest absolute Gasteiger partial charge is 0.228 e. The van der Waals surface area contributed by atoms with Gasteiger partial charge in [0.15, 0.2) is 0 Å². The van der Waals surface area contributed by atoms with Gasteiger partial charge in [0.25, 0.3) is 0 Å². The van der Waals surface area contributed by atoms with Crippen molar-refractivity contribution >= 4 is 23.5 Å². The van der Waals surface area contributed by atoms with Crippen molar-refractivity contribution in [2.45, 2.75) is 27.7 Å². The first-order chi connectivity index (χ1) is 7.82. The van der Waals surface area contributed by atoms with Gasteiger partial charge in [-0.05, 0) is 22.9 Å². The van der Waals surface area contributed by atoms with Crippen molar-refractivity contribution in [3.63, 3.8) is 0 Å². The van der Waals surface area contributed by atoms with E-state index in [1.807, 2.05) is 0 Å². The van der Waals surface area contributed by atoms with Crippen molar-refractivity contribution < 1.29 is 0 Å². The molecule has 6 heteroatoms. The fourth-order valence-electron chi connectivity index (χ4n) is 1.09. The molecule has 96 valence electrons. The SMILES string of the molecule is CNc1nc(Cl)nc(NCC(C)C(C)(C)C)n1. The largest absolute Gasteiger partial charge is 0.357 e. The fourth-order valence-corrected chi connectivity index (χ4v) is 1.25. The summed E-state index contributed by atoms with van der Waals surface area (Å²) in [5.41, 5.74) is 0.246. The molecule has 0 aromatic carbocycles. The maximum atomic E-state index is 5.79. The summed E-state index contributed by atoms with van der Waals surface area (Å²) >= 11 is 5.79. The third-order valence-corrected chi connectivity index (χ3v) is 3.05. The van der Waals surface area contributed by atoms with Crippen LogP contribution in [0.3, 0.4) is 0 Å². The molecule has 0 amide bonds.